The van der Waals surface area contributed by atoms with Crippen LogP contribution in [-0.4, -0.2) is 50.9 Å². The Balaban J connectivity index is 1.10. The smallest absolute Gasteiger partial charge is 0.274 e. The zero-order valence-corrected chi connectivity index (χ0v) is 22.6. The van der Waals surface area contributed by atoms with Gasteiger partial charge in [-0.05, 0) is 85.6 Å². The number of piperidine rings is 1. The first-order chi connectivity index (χ1) is 20.5. The van der Waals surface area contributed by atoms with E-state index in [1.165, 1.54) is 12.3 Å². The van der Waals surface area contributed by atoms with Crippen molar-refractivity contribution in [3.63, 3.8) is 0 Å². The number of nitrogens with one attached hydrogen (secondary N) is 2. The van der Waals surface area contributed by atoms with Gasteiger partial charge in [0, 0.05) is 47.3 Å². The highest BCUT2D eigenvalue weighted by molar-refractivity contribution is 6.05. The molecular weight excluding hydrogens is 530 g/mol. The Morgan fingerprint density at radius 1 is 0.833 bits per heavy atom. The van der Waals surface area contributed by atoms with Crippen molar-refractivity contribution in [1.29, 1.82) is 0 Å². The highest BCUT2D eigenvalue weighted by atomic mass is 16.3. The minimum Gasteiger partial charge on any atom is -0.393 e. The van der Waals surface area contributed by atoms with E-state index in [1.807, 2.05) is 54.6 Å². The first-order valence-electron chi connectivity index (χ1n) is 13.5. The minimum atomic E-state index is -0.364. The van der Waals surface area contributed by atoms with E-state index in [2.05, 4.69) is 30.5 Å². The van der Waals surface area contributed by atoms with Gasteiger partial charge in [0.15, 0.2) is 0 Å². The molecular formula is C32H27N7O3. The van der Waals surface area contributed by atoms with Gasteiger partial charge in [-0.15, -0.1) is 0 Å². The van der Waals surface area contributed by atoms with Crippen LogP contribution in [0.3, 0.4) is 0 Å². The summed E-state index contributed by atoms with van der Waals surface area (Å²) in [5.41, 5.74) is 5.15. The van der Waals surface area contributed by atoms with Gasteiger partial charge in [-0.1, -0.05) is 6.07 Å². The topological polar surface area (TPSA) is 117 Å². The molecule has 0 aliphatic carbocycles. The summed E-state index contributed by atoms with van der Waals surface area (Å²) in [4.78, 5) is 34.9. The molecule has 2 aromatic heterocycles. The van der Waals surface area contributed by atoms with E-state index in [1.54, 1.807) is 29.1 Å². The standard InChI is InChI=1S/C32H27N7O3/c1-33-25-6-12-29(34-20-25)32(42)36-23-4-10-27(11-5-23)39-30-13-7-24(18-22(30)19-35-39)37-31(41)21-2-8-26(9-3-21)38-16-14-28(40)15-17-38/h2-13,18-20,28,40H,14-17H2,(H,36,42)(H,37,41). The van der Waals surface area contributed by atoms with Crippen LogP contribution in [0, 0.1) is 6.57 Å². The fraction of sp³-hybridized carbons (Fsp3) is 0.156. The second-order valence-corrected chi connectivity index (χ2v) is 10.1. The van der Waals surface area contributed by atoms with Crippen LogP contribution < -0.4 is 15.5 Å². The van der Waals surface area contributed by atoms with Gasteiger partial charge in [0.1, 0.15) is 5.69 Å². The molecule has 2 amide bonds. The lowest BCUT2D eigenvalue weighted by molar-refractivity contribution is 0.101. The number of hydrogen-bond acceptors (Lipinski definition) is 6. The van der Waals surface area contributed by atoms with E-state index in [0.717, 1.165) is 48.2 Å². The van der Waals surface area contributed by atoms with Gasteiger partial charge in [0.2, 0.25) is 5.69 Å². The summed E-state index contributed by atoms with van der Waals surface area (Å²) in [6, 6.07) is 23.5. The number of aliphatic hydroxyl groups is 1. The van der Waals surface area contributed by atoms with E-state index >= 15 is 0 Å². The van der Waals surface area contributed by atoms with E-state index in [4.69, 9.17) is 6.57 Å². The van der Waals surface area contributed by atoms with Gasteiger partial charge < -0.3 is 20.6 Å². The lowest BCUT2D eigenvalue weighted by Gasteiger charge is -2.31. The molecule has 10 nitrogen and oxygen atoms in total. The molecule has 0 unspecified atom stereocenters. The Labute approximate surface area is 242 Å². The van der Waals surface area contributed by atoms with E-state index in [0.29, 0.717) is 22.6 Å². The number of hydrogen-bond donors (Lipinski definition) is 3. The van der Waals surface area contributed by atoms with Crippen LogP contribution >= 0.6 is 0 Å². The number of fused-ring (bicyclic) bond motifs is 1. The summed E-state index contributed by atoms with van der Waals surface area (Å²) >= 11 is 0. The maximum Gasteiger partial charge on any atom is 0.274 e. The molecule has 6 rings (SSSR count). The van der Waals surface area contributed by atoms with E-state index in [-0.39, 0.29) is 23.6 Å². The average molecular weight is 558 g/mol. The number of nitrogens with zero attached hydrogens (tertiary/aromatic N) is 5. The minimum absolute atomic E-state index is 0.197. The Morgan fingerprint density at radius 3 is 2.21 bits per heavy atom. The van der Waals surface area contributed by atoms with Crippen LogP contribution in [0.5, 0.6) is 0 Å². The third-order valence-electron chi connectivity index (χ3n) is 7.26. The zero-order chi connectivity index (χ0) is 29.1. The van der Waals surface area contributed by atoms with E-state index in [9.17, 15) is 14.7 Å². The van der Waals surface area contributed by atoms with Gasteiger partial charge in [-0.3, -0.25) is 14.6 Å². The lowest BCUT2D eigenvalue weighted by Crippen LogP contribution is -2.35. The first kappa shape index (κ1) is 26.7. The number of aliphatic hydroxyl groups excluding tert-OH is 1. The second kappa shape index (κ2) is 11.5. The number of rotatable bonds is 6. The molecule has 1 fully saturated rings. The summed E-state index contributed by atoms with van der Waals surface area (Å²) < 4.78 is 1.79. The molecule has 3 heterocycles. The molecule has 208 valence electrons. The Bertz CT molecular complexity index is 1780. The fourth-order valence-electron chi connectivity index (χ4n) is 4.94. The molecule has 1 aliphatic rings. The largest absolute Gasteiger partial charge is 0.393 e. The molecule has 0 radical (unpaired) electrons. The maximum absolute atomic E-state index is 12.9. The van der Waals surface area contributed by atoms with Crippen LogP contribution in [0.1, 0.15) is 33.7 Å². The van der Waals surface area contributed by atoms with Crippen molar-refractivity contribution < 1.29 is 14.7 Å². The lowest BCUT2D eigenvalue weighted by atomic mass is 10.1. The van der Waals surface area contributed by atoms with Gasteiger partial charge in [0.05, 0.1) is 30.1 Å². The predicted octanol–water partition coefficient (Wildman–Crippen LogP) is 5.44. The van der Waals surface area contributed by atoms with Crippen molar-refractivity contribution in [2.45, 2.75) is 18.9 Å². The van der Waals surface area contributed by atoms with Crippen LogP contribution in [0.15, 0.2) is 91.3 Å². The molecule has 5 aromatic rings. The molecule has 0 atom stereocenters. The van der Waals surface area contributed by atoms with Crippen LogP contribution in [0.4, 0.5) is 22.7 Å². The fourth-order valence-corrected chi connectivity index (χ4v) is 4.94. The third-order valence-corrected chi connectivity index (χ3v) is 7.26. The van der Waals surface area contributed by atoms with Gasteiger partial charge >= 0.3 is 0 Å². The quantitative estimate of drug-likeness (QED) is 0.240. The summed E-state index contributed by atoms with van der Waals surface area (Å²) in [6.07, 6.45) is 4.39. The van der Waals surface area contributed by atoms with Crippen molar-refractivity contribution in [3.8, 4) is 5.69 Å². The van der Waals surface area contributed by atoms with Gasteiger partial charge in [-0.2, -0.15) is 5.10 Å². The Hall–Kier alpha value is -5.53. The van der Waals surface area contributed by atoms with Crippen LogP contribution in [0.2, 0.25) is 0 Å². The van der Waals surface area contributed by atoms with E-state index < -0.39 is 0 Å². The van der Waals surface area contributed by atoms with Crippen LogP contribution in [-0.2, 0) is 0 Å². The number of pyridine rings is 1. The third kappa shape index (κ3) is 5.68. The highest BCUT2D eigenvalue weighted by Gasteiger charge is 2.18. The predicted molar refractivity (Wildman–Crippen MR) is 161 cm³/mol. The number of benzene rings is 3. The number of aromatic nitrogens is 3. The van der Waals surface area contributed by atoms with Crippen molar-refractivity contribution in [2.24, 2.45) is 0 Å². The van der Waals surface area contributed by atoms with Crippen molar-refractivity contribution in [3.05, 3.63) is 114 Å². The second-order valence-electron chi connectivity index (χ2n) is 10.1. The Kier molecular flexibility index (Phi) is 7.32. The van der Waals surface area contributed by atoms with Crippen molar-refractivity contribution in [2.75, 3.05) is 28.6 Å². The monoisotopic (exact) mass is 557 g/mol. The number of carbonyl (C=O) groups excluding carboxylic acids is 2. The van der Waals surface area contributed by atoms with Crippen molar-refractivity contribution in [1.82, 2.24) is 14.8 Å². The highest BCUT2D eigenvalue weighted by Crippen LogP contribution is 2.25. The zero-order valence-electron chi connectivity index (χ0n) is 22.6. The Morgan fingerprint density at radius 2 is 1.52 bits per heavy atom. The van der Waals surface area contributed by atoms with Crippen LogP contribution in [0.25, 0.3) is 21.4 Å². The molecule has 0 saturated carbocycles. The molecule has 1 saturated heterocycles. The summed E-state index contributed by atoms with van der Waals surface area (Å²) in [5, 5.41) is 20.9. The molecule has 3 N–H and O–H groups in total. The summed E-state index contributed by atoms with van der Waals surface area (Å²) in [7, 11) is 0. The van der Waals surface area contributed by atoms with Gasteiger partial charge in [0.25, 0.3) is 11.8 Å². The molecule has 3 aromatic carbocycles. The average Bonchev–Trinajstić information content (AvgIpc) is 3.45. The molecule has 1 aliphatic heterocycles. The molecule has 0 spiro atoms. The summed E-state index contributed by atoms with van der Waals surface area (Å²) in [5.74, 6) is -0.561. The molecule has 0 bridgehead atoms. The molecule has 42 heavy (non-hydrogen) atoms. The normalized spacial score (nSPS) is 13.5. The van der Waals surface area contributed by atoms with Gasteiger partial charge in [-0.25, -0.2) is 9.53 Å². The number of anilines is 3. The first-order valence-corrected chi connectivity index (χ1v) is 13.5. The SMILES string of the molecule is [C-]#[N+]c1ccc(C(=O)Nc2ccc(-n3ncc4cc(NC(=O)c5ccc(N6CCC(O)CC6)cc5)ccc43)cc2)nc1. The van der Waals surface area contributed by atoms with Crippen molar-refractivity contribution >= 4 is 45.5 Å². The molecule has 10 heteroatoms. The number of carbonyl (C=O) groups is 2. The number of amides is 2. The summed E-state index contributed by atoms with van der Waals surface area (Å²) in [6.45, 7) is 8.60. The maximum atomic E-state index is 12.9.